The maximum absolute atomic E-state index is 6.07. The second kappa shape index (κ2) is 12.9. The molecule has 4 rings (SSSR count). The van der Waals surface area contributed by atoms with Crippen LogP contribution in [0.15, 0.2) is 52.3 Å². The minimum atomic E-state index is 0.208. The number of fused-ring (bicyclic) bond motifs is 1. The van der Waals surface area contributed by atoms with Crippen LogP contribution in [0.3, 0.4) is 0 Å². The van der Waals surface area contributed by atoms with E-state index in [4.69, 9.17) is 9.73 Å². The van der Waals surface area contributed by atoms with Crippen LogP contribution in [0.5, 0.6) is 5.75 Å². The highest BCUT2D eigenvalue weighted by atomic mass is 16.5. The van der Waals surface area contributed by atoms with Gasteiger partial charge in [-0.1, -0.05) is 27.7 Å². The molecule has 1 saturated heterocycles. The van der Waals surface area contributed by atoms with Crippen molar-refractivity contribution in [1.29, 1.82) is 0 Å². The molecule has 1 fully saturated rings. The van der Waals surface area contributed by atoms with Crippen LogP contribution in [-0.4, -0.2) is 77.5 Å². The number of ether oxygens (including phenoxy) is 1. The molecule has 0 bridgehead atoms. The third-order valence-electron chi connectivity index (χ3n) is 6.14. The molecule has 9 heteroatoms. The minimum absolute atomic E-state index is 0.208. The van der Waals surface area contributed by atoms with Gasteiger partial charge in [-0.2, -0.15) is 5.10 Å². The zero-order valence-electron chi connectivity index (χ0n) is 22.4. The van der Waals surface area contributed by atoms with E-state index in [1.54, 1.807) is 0 Å². The van der Waals surface area contributed by atoms with E-state index in [0.717, 1.165) is 59.9 Å². The highest BCUT2D eigenvalue weighted by molar-refractivity contribution is 5.94. The lowest BCUT2D eigenvalue weighted by Crippen LogP contribution is -2.47. The van der Waals surface area contributed by atoms with Gasteiger partial charge in [0.2, 0.25) is 0 Å². The van der Waals surface area contributed by atoms with Gasteiger partial charge >= 0.3 is 0 Å². The third-order valence-corrected chi connectivity index (χ3v) is 6.14. The summed E-state index contributed by atoms with van der Waals surface area (Å²) in [5, 5.41) is 11.8. The summed E-state index contributed by atoms with van der Waals surface area (Å²) < 4.78 is 6.07. The molecule has 194 valence electrons. The molecule has 3 aromatic rings. The molecule has 9 nitrogen and oxygen atoms in total. The van der Waals surface area contributed by atoms with E-state index < -0.39 is 0 Å². The Kier molecular flexibility index (Phi) is 9.69. The number of benzene rings is 1. The summed E-state index contributed by atoms with van der Waals surface area (Å²) in [4.78, 5) is 16.8. The fourth-order valence-corrected chi connectivity index (χ4v) is 3.93. The van der Waals surface area contributed by atoms with E-state index in [1.165, 1.54) is 0 Å². The van der Waals surface area contributed by atoms with Gasteiger partial charge in [-0.25, -0.2) is 9.98 Å². The van der Waals surface area contributed by atoms with Crippen LogP contribution in [0, 0.1) is 6.92 Å². The summed E-state index contributed by atoms with van der Waals surface area (Å²) in [7, 11) is 2.13. The predicted octanol–water partition coefficient (Wildman–Crippen LogP) is 4.99. The molecular weight excluding hydrogens is 452 g/mol. The number of nitrogens with zero attached hydrogens (tertiary/aromatic N) is 5. The van der Waals surface area contributed by atoms with E-state index in [2.05, 4.69) is 75.9 Å². The number of nitrogens with one attached hydrogen (secondary N) is 3. The predicted molar refractivity (Wildman–Crippen MR) is 150 cm³/mol. The number of likely N-dealkylation sites (N-methyl/N-ethyl adjacent to an activating group) is 1. The second-order valence-corrected chi connectivity index (χ2v) is 8.88. The maximum Gasteiger partial charge on any atom is 0.181 e. The van der Waals surface area contributed by atoms with Gasteiger partial charge in [-0.3, -0.25) is 5.10 Å². The summed E-state index contributed by atoms with van der Waals surface area (Å²) in [6.45, 7) is 17.9. The number of hydrogen-bond acceptors (Lipinski definition) is 6. The highest BCUT2D eigenvalue weighted by Gasteiger charge is 2.17. The minimum Gasteiger partial charge on any atom is -0.471 e. The van der Waals surface area contributed by atoms with Gasteiger partial charge in [0.25, 0.3) is 0 Å². The lowest BCUT2D eigenvalue weighted by atomic mass is 10.1. The molecule has 3 heterocycles. The van der Waals surface area contributed by atoms with Crippen LogP contribution in [-0.2, 0) is 0 Å². The first-order valence-electron chi connectivity index (χ1n) is 12.6. The van der Waals surface area contributed by atoms with E-state index in [9.17, 15) is 0 Å². The Morgan fingerprint density at radius 3 is 2.64 bits per heavy atom. The number of amidine groups is 1. The van der Waals surface area contributed by atoms with Gasteiger partial charge in [-0.15, -0.1) is 0 Å². The van der Waals surface area contributed by atoms with Crippen LogP contribution in [0.2, 0.25) is 0 Å². The lowest BCUT2D eigenvalue weighted by Gasteiger charge is -2.33. The van der Waals surface area contributed by atoms with Crippen molar-refractivity contribution < 1.29 is 4.74 Å². The molecule has 0 spiro atoms. The number of hydrogen-bond donors (Lipinski definition) is 3. The summed E-state index contributed by atoms with van der Waals surface area (Å²) in [6, 6.07) is 8.06. The van der Waals surface area contributed by atoms with Gasteiger partial charge in [0, 0.05) is 66.7 Å². The van der Waals surface area contributed by atoms with Gasteiger partial charge in [-0.05, 0) is 44.8 Å². The zero-order chi connectivity index (χ0) is 26.1. The number of aromatic amines is 2. The molecule has 2 aromatic heterocycles. The largest absolute Gasteiger partial charge is 0.471 e. The fraction of sp³-hybridized carbons (Fsp3) is 0.444. The Labute approximate surface area is 214 Å². The Morgan fingerprint density at radius 2 is 1.97 bits per heavy atom. The summed E-state index contributed by atoms with van der Waals surface area (Å²) >= 11 is 0. The first kappa shape index (κ1) is 27.0. The van der Waals surface area contributed by atoms with Crippen LogP contribution in [0.1, 0.15) is 44.9 Å². The first-order chi connectivity index (χ1) is 17.4. The number of aliphatic imine (C=N–C) groups is 2. The van der Waals surface area contributed by atoms with E-state index in [1.807, 2.05) is 44.3 Å². The molecular formula is C27H40N8O. The monoisotopic (exact) mass is 492 g/mol. The van der Waals surface area contributed by atoms with Crippen LogP contribution in [0.4, 0.5) is 5.82 Å². The van der Waals surface area contributed by atoms with Gasteiger partial charge in [0.15, 0.2) is 12.5 Å². The van der Waals surface area contributed by atoms with Gasteiger partial charge in [0.05, 0.1) is 0 Å². The van der Waals surface area contributed by atoms with Crippen molar-refractivity contribution in [2.45, 2.75) is 40.5 Å². The van der Waals surface area contributed by atoms with Crippen LogP contribution >= 0.6 is 0 Å². The summed E-state index contributed by atoms with van der Waals surface area (Å²) in [6.07, 6.45) is 3.85. The zero-order valence-corrected chi connectivity index (χ0v) is 22.4. The van der Waals surface area contributed by atoms with Crippen molar-refractivity contribution in [2.24, 2.45) is 9.98 Å². The van der Waals surface area contributed by atoms with Crippen molar-refractivity contribution in [3.05, 3.63) is 53.6 Å². The standard InChI is InChI=1S/C25H34N8O.C2H6/c1-17(2)21-14-24(31-30-21)29-23(26-4)15-25(33-12-10-32(5)11-13-33)28-16-34-22-7-6-20-19(18(22)3)8-9-27-20;1-2/h6-9,14-15,17,27H,4,10-13,16H2,1-3,5H3,(H2,29,30,31);1-2H3/b23-15+,28-25+;. The SMILES string of the molecule is C=N/C(=C\C(=N/COc1ccc2[nH]ccc2c1C)N1CCN(C)CC1)Nc1cc(C(C)C)[nH]n1.CC. The highest BCUT2D eigenvalue weighted by Crippen LogP contribution is 2.26. The summed E-state index contributed by atoms with van der Waals surface area (Å²) in [5.74, 6) is 3.29. The number of anilines is 1. The molecule has 3 N–H and O–H groups in total. The number of piperazine rings is 1. The lowest BCUT2D eigenvalue weighted by molar-refractivity contribution is 0.214. The molecule has 0 unspecified atom stereocenters. The van der Waals surface area contributed by atoms with Crippen molar-refractivity contribution in [3.8, 4) is 5.75 Å². The van der Waals surface area contributed by atoms with E-state index in [-0.39, 0.29) is 6.73 Å². The summed E-state index contributed by atoms with van der Waals surface area (Å²) in [5.41, 5.74) is 3.25. The molecule has 0 atom stereocenters. The van der Waals surface area contributed by atoms with E-state index in [0.29, 0.717) is 17.6 Å². The number of aromatic nitrogens is 3. The number of rotatable bonds is 8. The molecule has 36 heavy (non-hydrogen) atoms. The Bertz CT molecular complexity index is 1180. The van der Waals surface area contributed by atoms with Crippen molar-refractivity contribution in [3.63, 3.8) is 0 Å². The first-order valence-corrected chi connectivity index (χ1v) is 12.6. The van der Waals surface area contributed by atoms with E-state index >= 15 is 0 Å². The topological polar surface area (TPSA) is 96.9 Å². The molecule has 0 aliphatic carbocycles. The Hall–Kier alpha value is -3.59. The number of aryl methyl sites for hydroxylation is 1. The maximum atomic E-state index is 6.07. The van der Waals surface area contributed by atoms with Crippen molar-refractivity contribution >= 4 is 29.3 Å². The fourth-order valence-electron chi connectivity index (χ4n) is 3.93. The molecule has 0 amide bonds. The second-order valence-electron chi connectivity index (χ2n) is 8.88. The Balaban J connectivity index is 0.00000176. The molecule has 0 radical (unpaired) electrons. The quantitative estimate of drug-likeness (QED) is 0.304. The Morgan fingerprint density at radius 1 is 1.22 bits per heavy atom. The van der Waals surface area contributed by atoms with Gasteiger partial charge < -0.3 is 24.8 Å². The average molecular weight is 493 g/mol. The number of H-pyrrole nitrogens is 2. The average Bonchev–Trinajstić information content (AvgIpc) is 3.56. The molecule has 1 aliphatic heterocycles. The third kappa shape index (κ3) is 6.75. The van der Waals surface area contributed by atoms with Crippen LogP contribution < -0.4 is 10.1 Å². The van der Waals surface area contributed by atoms with Crippen molar-refractivity contribution in [2.75, 3.05) is 45.3 Å². The molecule has 0 saturated carbocycles. The van der Waals surface area contributed by atoms with Crippen LogP contribution in [0.25, 0.3) is 10.9 Å². The van der Waals surface area contributed by atoms with Gasteiger partial charge in [0.1, 0.15) is 17.4 Å². The normalized spacial score (nSPS) is 15.1. The molecule has 1 aliphatic rings. The molecule has 1 aromatic carbocycles. The van der Waals surface area contributed by atoms with Crippen molar-refractivity contribution in [1.82, 2.24) is 25.0 Å². The smallest absolute Gasteiger partial charge is 0.181 e.